The van der Waals surface area contributed by atoms with Gasteiger partial charge in [0.25, 0.3) is 0 Å². The van der Waals surface area contributed by atoms with E-state index < -0.39 is 0 Å². The minimum absolute atomic E-state index is 0.105. The van der Waals surface area contributed by atoms with E-state index in [-0.39, 0.29) is 24.0 Å². The van der Waals surface area contributed by atoms with Crippen LogP contribution < -0.4 is 5.32 Å². The molecule has 1 saturated heterocycles. The molecular weight excluding hydrogens is 286 g/mol. The van der Waals surface area contributed by atoms with Crippen molar-refractivity contribution in [1.29, 1.82) is 0 Å². The van der Waals surface area contributed by atoms with Crippen molar-refractivity contribution in [3.8, 4) is 0 Å². The molecule has 0 aliphatic carbocycles. The van der Waals surface area contributed by atoms with E-state index in [2.05, 4.69) is 72.9 Å². The summed E-state index contributed by atoms with van der Waals surface area (Å²) in [4.78, 5) is 0. The van der Waals surface area contributed by atoms with Crippen LogP contribution in [0.4, 0.5) is 0 Å². The number of aliphatic hydroxyl groups excluding tert-OH is 1. The van der Waals surface area contributed by atoms with Crippen LogP contribution in [0.2, 0.25) is 0 Å². The molecule has 3 rings (SSSR count). The molecule has 0 bridgehead atoms. The molecule has 1 aliphatic rings. The summed E-state index contributed by atoms with van der Waals surface area (Å²) in [6, 6.07) is 21.5. The quantitative estimate of drug-likeness (QED) is 0.826. The third kappa shape index (κ3) is 3.63. The SMILES string of the molecule is CC(NCC1(CO)COC1)C(c1ccccc1)c1ccccc1. The van der Waals surface area contributed by atoms with Gasteiger partial charge in [0.15, 0.2) is 0 Å². The Kier molecular flexibility index (Phi) is 5.11. The lowest BCUT2D eigenvalue weighted by atomic mass is 9.83. The molecule has 3 heteroatoms. The van der Waals surface area contributed by atoms with Gasteiger partial charge < -0.3 is 15.2 Å². The number of hydrogen-bond acceptors (Lipinski definition) is 3. The van der Waals surface area contributed by atoms with Crippen molar-refractivity contribution in [3.05, 3.63) is 71.8 Å². The summed E-state index contributed by atoms with van der Waals surface area (Å²) < 4.78 is 5.29. The van der Waals surface area contributed by atoms with E-state index >= 15 is 0 Å². The molecule has 1 aliphatic heterocycles. The Labute approximate surface area is 138 Å². The molecule has 0 saturated carbocycles. The second-order valence-electron chi connectivity index (χ2n) is 6.62. The molecule has 1 fully saturated rings. The van der Waals surface area contributed by atoms with Gasteiger partial charge >= 0.3 is 0 Å². The zero-order chi connectivity index (χ0) is 16.1. The Bertz CT molecular complexity index is 551. The molecule has 1 atom stereocenters. The predicted octanol–water partition coefficient (Wildman–Crippen LogP) is 2.81. The third-order valence-electron chi connectivity index (χ3n) is 4.77. The summed E-state index contributed by atoms with van der Waals surface area (Å²) in [5.41, 5.74) is 2.51. The molecule has 1 unspecified atom stereocenters. The molecule has 122 valence electrons. The van der Waals surface area contributed by atoms with Crippen molar-refractivity contribution in [1.82, 2.24) is 5.32 Å². The monoisotopic (exact) mass is 311 g/mol. The summed E-state index contributed by atoms with van der Waals surface area (Å²) in [7, 11) is 0. The highest BCUT2D eigenvalue weighted by Gasteiger charge is 2.38. The second kappa shape index (κ2) is 7.26. The van der Waals surface area contributed by atoms with Crippen LogP contribution in [-0.2, 0) is 4.74 Å². The summed E-state index contributed by atoms with van der Waals surface area (Å²) >= 11 is 0. The van der Waals surface area contributed by atoms with Crippen molar-refractivity contribution in [2.24, 2.45) is 5.41 Å². The molecule has 0 spiro atoms. The minimum Gasteiger partial charge on any atom is -0.396 e. The van der Waals surface area contributed by atoms with Gasteiger partial charge in [0.2, 0.25) is 0 Å². The van der Waals surface area contributed by atoms with Crippen LogP contribution in [0.25, 0.3) is 0 Å². The van der Waals surface area contributed by atoms with Gasteiger partial charge in [-0.05, 0) is 18.1 Å². The van der Waals surface area contributed by atoms with Gasteiger partial charge in [-0.3, -0.25) is 0 Å². The first kappa shape index (κ1) is 16.2. The normalized spacial score (nSPS) is 17.7. The van der Waals surface area contributed by atoms with Gasteiger partial charge in [0, 0.05) is 18.5 Å². The van der Waals surface area contributed by atoms with E-state index in [1.165, 1.54) is 11.1 Å². The van der Waals surface area contributed by atoms with E-state index in [0.29, 0.717) is 13.2 Å². The van der Waals surface area contributed by atoms with Gasteiger partial charge in [0.05, 0.1) is 25.2 Å². The fraction of sp³-hybridized carbons (Fsp3) is 0.400. The van der Waals surface area contributed by atoms with E-state index in [4.69, 9.17) is 4.74 Å². The van der Waals surface area contributed by atoms with Crippen LogP contribution in [0.1, 0.15) is 24.0 Å². The lowest BCUT2D eigenvalue weighted by Gasteiger charge is -2.41. The average Bonchev–Trinajstić information content (AvgIpc) is 2.56. The molecule has 2 N–H and O–H groups in total. The van der Waals surface area contributed by atoms with E-state index in [0.717, 1.165) is 6.54 Å². The number of hydrogen-bond donors (Lipinski definition) is 2. The van der Waals surface area contributed by atoms with Crippen LogP contribution in [0, 0.1) is 5.41 Å². The Morgan fingerprint density at radius 2 is 1.52 bits per heavy atom. The standard InChI is InChI=1S/C20H25NO2/c1-16(21-12-20(13-22)14-23-15-20)19(17-8-4-2-5-9-17)18-10-6-3-7-11-18/h2-11,16,19,21-22H,12-15H2,1H3. The highest BCUT2D eigenvalue weighted by molar-refractivity contribution is 5.34. The van der Waals surface area contributed by atoms with Crippen molar-refractivity contribution in [2.45, 2.75) is 18.9 Å². The number of aliphatic hydroxyl groups is 1. The lowest BCUT2D eigenvalue weighted by Crippen LogP contribution is -2.54. The first-order valence-corrected chi connectivity index (χ1v) is 8.26. The van der Waals surface area contributed by atoms with E-state index in [1.54, 1.807) is 0 Å². The van der Waals surface area contributed by atoms with Crippen molar-refractivity contribution >= 4 is 0 Å². The maximum absolute atomic E-state index is 9.60. The fourth-order valence-corrected chi connectivity index (χ4v) is 3.23. The molecule has 2 aromatic carbocycles. The van der Waals surface area contributed by atoms with Gasteiger partial charge in [-0.2, -0.15) is 0 Å². The van der Waals surface area contributed by atoms with Crippen LogP contribution in [0.15, 0.2) is 60.7 Å². The van der Waals surface area contributed by atoms with Gasteiger partial charge in [0.1, 0.15) is 0 Å². The fourth-order valence-electron chi connectivity index (χ4n) is 3.23. The number of ether oxygens (including phenoxy) is 1. The summed E-state index contributed by atoms with van der Waals surface area (Å²) in [5, 5.41) is 13.2. The van der Waals surface area contributed by atoms with Crippen molar-refractivity contribution in [3.63, 3.8) is 0 Å². The Balaban J connectivity index is 1.78. The molecule has 3 nitrogen and oxygen atoms in total. The summed E-state index contributed by atoms with van der Waals surface area (Å²) in [6.07, 6.45) is 0. The molecule has 1 heterocycles. The molecule has 2 aromatic rings. The molecule has 0 radical (unpaired) electrons. The first-order chi connectivity index (χ1) is 11.2. The minimum atomic E-state index is -0.105. The van der Waals surface area contributed by atoms with Gasteiger partial charge in [-0.15, -0.1) is 0 Å². The molecule has 0 amide bonds. The molecule has 0 aromatic heterocycles. The lowest BCUT2D eigenvalue weighted by molar-refractivity contribution is -0.135. The maximum Gasteiger partial charge on any atom is 0.0579 e. The highest BCUT2D eigenvalue weighted by atomic mass is 16.5. The molecule has 23 heavy (non-hydrogen) atoms. The Morgan fingerprint density at radius 3 is 1.91 bits per heavy atom. The number of nitrogens with one attached hydrogen (secondary N) is 1. The maximum atomic E-state index is 9.60. The average molecular weight is 311 g/mol. The predicted molar refractivity (Wildman–Crippen MR) is 92.5 cm³/mol. The van der Waals surface area contributed by atoms with Crippen LogP contribution >= 0.6 is 0 Å². The third-order valence-corrected chi connectivity index (χ3v) is 4.77. The Hall–Kier alpha value is -1.68. The van der Waals surface area contributed by atoms with Crippen LogP contribution in [0.3, 0.4) is 0 Å². The highest BCUT2D eigenvalue weighted by Crippen LogP contribution is 2.30. The number of rotatable bonds is 7. The van der Waals surface area contributed by atoms with Crippen molar-refractivity contribution < 1.29 is 9.84 Å². The largest absolute Gasteiger partial charge is 0.396 e. The smallest absolute Gasteiger partial charge is 0.0579 e. The zero-order valence-electron chi connectivity index (χ0n) is 13.6. The topological polar surface area (TPSA) is 41.5 Å². The van der Waals surface area contributed by atoms with E-state index in [1.807, 2.05) is 0 Å². The van der Waals surface area contributed by atoms with Crippen molar-refractivity contribution in [2.75, 3.05) is 26.4 Å². The molecular formula is C20H25NO2. The van der Waals surface area contributed by atoms with Gasteiger partial charge in [-0.1, -0.05) is 60.7 Å². The van der Waals surface area contributed by atoms with Crippen LogP contribution in [-0.4, -0.2) is 37.5 Å². The Morgan fingerprint density at radius 1 is 1.00 bits per heavy atom. The first-order valence-electron chi connectivity index (χ1n) is 8.26. The van der Waals surface area contributed by atoms with Crippen LogP contribution in [0.5, 0.6) is 0 Å². The van der Waals surface area contributed by atoms with Gasteiger partial charge in [-0.25, -0.2) is 0 Å². The summed E-state index contributed by atoms with van der Waals surface area (Å²) in [6.45, 7) is 4.46. The zero-order valence-corrected chi connectivity index (χ0v) is 13.6. The second-order valence-corrected chi connectivity index (χ2v) is 6.62. The van der Waals surface area contributed by atoms with E-state index in [9.17, 15) is 5.11 Å². The summed E-state index contributed by atoms with van der Waals surface area (Å²) in [5.74, 6) is 0.286. The number of benzene rings is 2.